The summed E-state index contributed by atoms with van der Waals surface area (Å²) in [6.07, 6.45) is 3.21. The Morgan fingerprint density at radius 1 is 1.38 bits per heavy atom. The van der Waals surface area contributed by atoms with Gasteiger partial charge in [0.25, 0.3) is 0 Å². The highest BCUT2D eigenvalue weighted by atomic mass is 16.2. The maximum atomic E-state index is 11.5. The molecule has 1 saturated carbocycles. The Hall–Kier alpha value is -1.06. The Kier molecular flexibility index (Phi) is 4.77. The molecule has 0 spiro atoms. The van der Waals surface area contributed by atoms with Crippen LogP contribution in [-0.4, -0.2) is 35.8 Å². The van der Waals surface area contributed by atoms with Gasteiger partial charge in [0, 0.05) is 32.0 Å². The summed E-state index contributed by atoms with van der Waals surface area (Å²) in [5.74, 6) is 0.441. The van der Waals surface area contributed by atoms with Crippen LogP contribution in [0.1, 0.15) is 40.0 Å². The molecule has 1 N–H and O–H groups in total. The lowest BCUT2D eigenvalue weighted by molar-refractivity contribution is -0.132. The van der Waals surface area contributed by atoms with E-state index in [1.807, 2.05) is 13.8 Å². The highest BCUT2D eigenvalue weighted by Gasteiger charge is 2.24. The van der Waals surface area contributed by atoms with Crippen molar-refractivity contribution in [2.45, 2.75) is 46.1 Å². The molecule has 4 heteroatoms. The number of hydrogen-bond acceptors (Lipinski definition) is 2. The molecule has 2 amide bonds. The molecule has 0 radical (unpaired) electrons. The predicted octanol–water partition coefficient (Wildman–Crippen LogP) is 1.16. The Morgan fingerprint density at radius 2 is 2.00 bits per heavy atom. The van der Waals surface area contributed by atoms with Crippen LogP contribution >= 0.6 is 0 Å². The first-order valence-electron chi connectivity index (χ1n) is 6.07. The van der Waals surface area contributed by atoms with Crippen molar-refractivity contribution in [2.75, 3.05) is 13.1 Å². The van der Waals surface area contributed by atoms with E-state index in [4.69, 9.17) is 0 Å². The second-order valence-electron chi connectivity index (χ2n) is 4.73. The largest absolute Gasteiger partial charge is 0.354 e. The van der Waals surface area contributed by atoms with Crippen molar-refractivity contribution in [3.05, 3.63) is 0 Å². The molecule has 16 heavy (non-hydrogen) atoms. The van der Waals surface area contributed by atoms with Gasteiger partial charge >= 0.3 is 0 Å². The fourth-order valence-corrected chi connectivity index (χ4v) is 1.89. The van der Waals surface area contributed by atoms with E-state index in [9.17, 15) is 9.59 Å². The molecule has 0 aromatic rings. The van der Waals surface area contributed by atoms with Gasteiger partial charge in [0.15, 0.2) is 0 Å². The number of rotatable bonds is 5. The van der Waals surface area contributed by atoms with Gasteiger partial charge in [0.1, 0.15) is 0 Å². The Morgan fingerprint density at radius 3 is 2.38 bits per heavy atom. The van der Waals surface area contributed by atoms with Crippen LogP contribution in [0.25, 0.3) is 0 Å². The van der Waals surface area contributed by atoms with Crippen molar-refractivity contribution in [1.82, 2.24) is 10.2 Å². The third-order valence-corrected chi connectivity index (χ3v) is 3.16. The maximum Gasteiger partial charge on any atom is 0.223 e. The Labute approximate surface area is 97.4 Å². The maximum absolute atomic E-state index is 11.5. The van der Waals surface area contributed by atoms with E-state index in [0.29, 0.717) is 13.1 Å². The molecule has 1 rings (SSSR count). The van der Waals surface area contributed by atoms with Crippen LogP contribution in [0.5, 0.6) is 0 Å². The third-order valence-electron chi connectivity index (χ3n) is 3.16. The molecule has 1 aliphatic rings. The molecule has 4 nitrogen and oxygen atoms in total. The lowest BCUT2D eigenvalue weighted by Gasteiger charge is -2.27. The number of hydrogen-bond donors (Lipinski definition) is 1. The molecule has 1 fully saturated rings. The Balaban J connectivity index is 2.22. The third kappa shape index (κ3) is 3.51. The molecular formula is C12H22N2O2. The summed E-state index contributed by atoms with van der Waals surface area (Å²) >= 11 is 0. The van der Waals surface area contributed by atoms with Crippen molar-refractivity contribution in [2.24, 2.45) is 5.92 Å². The lowest BCUT2D eigenvalue weighted by atomic mass is 9.85. The highest BCUT2D eigenvalue weighted by Crippen LogP contribution is 2.25. The van der Waals surface area contributed by atoms with Gasteiger partial charge in [-0.2, -0.15) is 0 Å². The van der Waals surface area contributed by atoms with Crippen LogP contribution in [0, 0.1) is 5.92 Å². The minimum Gasteiger partial charge on any atom is -0.354 e. The minimum absolute atomic E-state index is 0.0629. The molecular weight excluding hydrogens is 204 g/mol. The zero-order valence-electron chi connectivity index (χ0n) is 10.5. The van der Waals surface area contributed by atoms with E-state index >= 15 is 0 Å². The molecule has 0 atom stereocenters. The molecule has 0 unspecified atom stereocenters. The normalized spacial score (nSPS) is 15.8. The smallest absolute Gasteiger partial charge is 0.223 e. The van der Waals surface area contributed by atoms with Gasteiger partial charge in [0.2, 0.25) is 11.8 Å². The molecule has 92 valence electrons. The van der Waals surface area contributed by atoms with Crippen LogP contribution in [0.3, 0.4) is 0 Å². The van der Waals surface area contributed by atoms with Crippen molar-refractivity contribution in [1.29, 1.82) is 0 Å². The number of nitrogens with one attached hydrogen (secondary N) is 1. The summed E-state index contributed by atoms with van der Waals surface area (Å²) in [5.41, 5.74) is 0. The first-order valence-corrected chi connectivity index (χ1v) is 6.07. The molecule has 0 aliphatic heterocycles. The van der Waals surface area contributed by atoms with Gasteiger partial charge in [0.05, 0.1) is 0 Å². The zero-order chi connectivity index (χ0) is 12.1. The van der Waals surface area contributed by atoms with Crippen LogP contribution in [0.15, 0.2) is 0 Å². The molecule has 0 saturated heterocycles. The zero-order valence-corrected chi connectivity index (χ0v) is 10.5. The number of amides is 2. The van der Waals surface area contributed by atoms with Crippen LogP contribution in [-0.2, 0) is 9.59 Å². The second-order valence-corrected chi connectivity index (χ2v) is 4.73. The molecule has 0 bridgehead atoms. The fourth-order valence-electron chi connectivity index (χ4n) is 1.89. The van der Waals surface area contributed by atoms with Crippen LogP contribution in [0.2, 0.25) is 0 Å². The average molecular weight is 226 g/mol. The monoisotopic (exact) mass is 226 g/mol. The average Bonchev–Trinajstić information content (AvgIpc) is 2.07. The predicted molar refractivity (Wildman–Crippen MR) is 62.9 cm³/mol. The SMILES string of the molecule is CC(=O)N(CCNC(=O)C1CCC1)C(C)C. The lowest BCUT2D eigenvalue weighted by Crippen LogP contribution is -2.43. The number of nitrogens with zero attached hydrogens (tertiary/aromatic N) is 1. The second kappa shape index (κ2) is 5.87. The number of carbonyl (C=O) groups is 2. The van der Waals surface area contributed by atoms with Gasteiger partial charge < -0.3 is 10.2 Å². The van der Waals surface area contributed by atoms with Crippen molar-refractivity contribution in [3.63, 3.8) is 0 Å². The van der Waals surface area contributed by atoms with Gasteiger partial charge in [-0.05, 0) is 26.7 Å². The standard InChI is InChI=1S/C12H22N2O2/c1-9(2)14(10(3)15)8-7-13-12(16)11-5-4-6-11/h9,11H,4-8H2,1-3H3,(H,13,16). The summed E-state index contributed by atoms with van der Waals surface area (Å²) in [4.78, 5) is 24.6. The molecule has 0 aromatic heterocycles. The molecule has 0 heterocycles. The minimum atomic E-state index is 0.0629. The first kappa shape index (κ1) is 13.0. The first-order chi connectivity index (χ1) is 7.52. The van der Waals surface area contributed by atoms with E-state index in [0.717, 1.165) is 12.8 Å². The summed E-state index contributed by atoms with van der Waals surface area (Å²) in [7, 11) is 0. The quantitative estimate of drug-likeness (QED) is 0.764. The highest BCUT2D eigenvalue weighted by molar-refractivity contribution is 5.79. The van der Waals surface area contributed by atoms with E-state index in [1.165, 1.54) is 6.42 Å². The topological polar surface area (TPSA) is 49.4 Å². The van der Waals surface area contributed by atoms with Crippen LogP contribution in [0.4, 0.5) is 0 Å². The summed E-state index contributed by atoms with van der Waals surface area (Å²) in [6, 6.07) is 0.193. The summed E-state index contributed by atoms with van der Waals surface area (Å²) < 4.78 is 0. The fraction of sp³-hybridized carbons (Fsp3) is 0.833. The van der Waals surface area contributed by atoms with Gasteiger partial charge in [-0.25, -0.2) is 0 Å². The van der Waals surface area contributed by atoms with Crippen LogP contribution < -0.4 is 5.32 Å². The van der Waals surface area contributed by atoms with Crippen molar-refractivity contribution in [3.8, 4) is 0 Å². The summed E-state index contributed by atoms with van der Waals surface area (Å²) in [5, 5.41) is 2.89. The van der Waals surface area contributed by atoms with E-state index in [-0.39, 0.29) is 23.8 Å². The van der Waals surface area contributed by atoms with Gasteiger partial charge in [-0.3, -0.25) is 9.59 Å². The number of carbonyl (C=O) groups excluding carboxylic acids is 2. The van der Waals surface area contributed by atoms with Gasteiger partial charge in [-0.15, -0.1) is 0 Å². The van der Waals surface area contributed by atoms with Crippen molar-refractivity contribution >= 4 is 11.8 Å². The summed E-state index contributed by atoms with van der Waals surface area (Å²) in [6.45, 7) is 6.69. The Bertz CT molecular complexity index is 260. The molecule has 0 aromatic carbocycles. The van der Waals surface area contributed by atoms with Gasteiger partial charge in [-0.1, -0.05) is 6.42 Å². The van der Waals surface area contributed by atoms with Crippen molar-refractivity contribution < 1.29 is 9.59 Å². The molecule has 1 aliphatic carbocycles. The van der Waals surface area contributed by atoms with E-state index < -0.39 is 0 Å². The van der Waals surface area contributed by atoms with E-state index in [2.05, 4.69) is 5.32 Å². The van der Waals surface area contributed by atoms with E-state index in [1.54, 1.807) is 11.8 Å².